The minimum Gasteiger partial charge on any atom is -0.440 e. The molecule has 0 N–H and O–H groups in total. The molecule has 2 heterocycles. The molecule has 1 atom stereocenters. The number of amidine groups is 1. The zero-order valence-electron chi connectivity index (χ0n) is 5.87. The summed E-state index contributed by atoms with van der Waals surface area (Å²) in [6.45, 7) is 3.68. The average Bonchev–Trinajstić information content (AvgIpc) is 2.35. The number of rotatable bonds is 0. The maximum absolute atomic E-state index is 5.14. The molecule has 0 saturated carbocycles. The Morgan fingerprint density at radius 3 is 3.20 bits per heavy atom. The normalized spacial score (nSPS) is 35.0. The van der Waals surface area contributed by atoms with E-state index in [-0.39, 0.29) is 0 Å². The maximum atomic E-state index is 5.14. The number of ether oxygens (including phenoxy) is 1. The molecule has 4 heteroatoms. The summed E-state index contributed by atoms with van der Waals surface area (Å²) in [7, 11) is 0. The van der Waals surface area contributed by atoms with Crippen LogP contribution in [0, 0.1) is 0 Å². The van der Waals surface area contributed by atoms with Gasteiger partial charge in [0.25, 0.3) is 0 Å². The highest BCUT2D eigenvalue weighted by Gasteiger charge is 2.43. The lowest BCUT2D eigenvalue weighted by Gasteiger charge is -2.22. The van der Waals surface area contributed by atoms with Crippen molar-refractivity contribution in [3.8, 4) is 0 Å². The Hall–Kier alpha value is -1.19. The molecular weight excluding hydrogens is 132 g/mol. The molecule has 0 aromatic rings. The summed E-state index contributed by atoms with van der Waals surface area (Å²) in [5.41, 5.74) is 0. The van der Waals surface area contributed by atoms with Gasteiger partial charge in [0.05, 0.1) is 0 Å². The van der Waals surface area contributed by atoms with Gasteiger partial charge in [-0.15, -0.1) is 0 Å². The highest BCUT2D eigenvalue weighted by Crippen LogP contribution is 2.30. The van der Waals surface area contributed by atoms with Crippen LogP contribution in [0.25, 0.3) is 0 Å². The van der Waals surface area contributed by atoms with Gasteiger partial charge in [0.2, 0.25) is 0 Å². The van der Waals surface area contributed by atoms with Crippen molar-refractivity contribution in [3.05, 3.63) is 12.5 Å². The van der Waals surface area contributed by atoms with Crippen LogP contribution in [0.1, 0.15) is 13.8 Å². The van der Waals surface area contributed by atoms with E-state index < -0.39 is 5.91 Å². The third kappa shape index (κ3) is 0.483. The Bertz CT molecular complexity index is 224. The molecule has 10 heavy (non-hydrogen) atoms. The molecule has 0 spiro atoms. The minimum absolute atomic E-state index is 0.704. The van der Waals surface area contributed by atoms with Crippen LogP contribution in [0.4, 0.5) is 0 Å². The molecule has 0 unspecified atom stereocenters. The number of hydrogen-bond acceptors (Lipinski definition) is 4. The van der Waals surface area contributed by atoms with Crippen LogP contribution < -0.4 is 0 Å². The van der Waals surface area contributed by atoms with Crippen molar-refractivity contribution in [2.75, 3.05) is 0 Å². The molecule has 2 aliphatic rings. The first-order valence-corrected chi connectivity index (χ1v) is 3.09. The standard InChI is InChI=1S/C6H8N2O2/c1-5-7-10-6(2)8(5)3-4-9-6/h3-4H,1-2H3/t6-/m0/s1. The van der Waals surface area contributed by atoms with Crippen molar-refractivity contribution in [3.63, 3.8) is 0 Å². The van der Waals surface area contributed by atoms with Crippen molar-refractivity contribution in [1.29, 1.82) is 0 Å². The van der Waals surface area contributed by atoms with E-state index in [1.807, 2.05) is 18.7 Å². The van der Waals surface area contributed by atoms with Crippen LogP contribution in [-0.2, 0) is 9.57 Å². The summed E-state index contributed by atoms with van der Waals surface area (Å²) < 4.78 is 5.14. The van der Waals surface area contributed by atoms with Crippen LogP contribution >= 0.6 is 0 Å². The lowest BCUT2D eigenvalue weighted by Crippen LogP contribution is -2.39. The third-order valence-electron chi connectivity index (χ3n) is 1.63. The first-order valence-electron chi connectivity index (χ1n) is 3.09. The number of hydrogen-bond donors (Lipinski definition) is 0. The fraction of sp³-hybridized carbons (Fsp3) is 0.500. The molecule has 0 aromatic carbocycles. The quantitative estimate of drug-likeness (QED) is 0.499. The summed E-state index contributed by atoms with van der Waals surface area (Å²) in [5, 5.41) is 3.76. The molecule has 2 aliphatic heterocycles. The average molecular weight is 140 g/mol. The molecule has 0 amide bonds. The van der Waals surface area contributed by atoms with Crippen molar-refractivity contribution >= 4 is 5.84 Å². The van der Waals surface area contributed by atoms with E-state index >= 15 is 0 Å². The van der Waals surface area contributed by atoms with E-state index in [1.165, 1.54) is 0 Å². The van der Waals surface area contributed by atoms with Gasteiger partial charge in [-0.2, -0.15) is 0 Å². The predicted octanol–water partition coefficient (Wildman–Crippen LogP) is 0.827. The molecule has 0 aliphatic carbocycles. The van der Waals surface area contributed by atoms with Crippen molar-refractivity contribution in [2.45, 2.75) is 19.8 Å². The van der Waals surface area contributed by atoms with Crippen LogP contribution in [0.3, 0.4) is 0 Å². The fourth-order valence-corrected chi connectivity index (χ4v) is 1.07. The summed E-state index contributed by atoms with van der Waals surface area (Å²) >= 11 is 0. The summed E-state index contributed by atoms with van der Waals surface area (Å²) in [6, 6.07) is 0. The van der Waals surface area contributed by atoms with E-state index in [9.17, 15) is 0 Å². The largest absolute Gasteiger partial charge is 0.440 e. The van der Waals surface area contributed by atoms with Crippen molar-refractivity contribution in [1.82, 2.24) is 4.90 Å². The lowest BCUT2D eigenvalue weighted by molar-refractivity contribution is -0.216. The second kappa shape index (κ2) is 1.45. The van der Waals surface area contributed by atoms with E-state index in [1.54, 1.807) is 12.5 Å². The Morgan fingerprint density at radius 1 is 1.70 bits per heavy atom. The molecule has 54 valence electrons. The number of fused-ring (bicyclic) bond motifs is 1. The SMILES string of the molecule is CC1=NO[C@]2(C)OC=CN12. The molecule has 4 nitrogen and oxygen atoms in total. The Morgan fingerprint density at radius 2 is 2.50 bits per heavy atom. The van der Waals surface area contributed by atoms with Crippen LogP contribution in [0.5, 0.6) is 0 Å². The Labute approximate surface area is 58.7 Å². The number of nitrogens with zero attached hydrogens (tertiary/aromatic N) is 2. The third-order valence-corrected chi connectivity index (χ3v) is 1.63. The topological polar surface area (TPSA) is 34.1 Å². The lowest BCUT2D eigenvalue weighted by atomic mass is 10.4. The first kappa shape index (κ1) is 5.58. The Kier molecular flexibility index (Phi) is 0.809. The van der Waals surface area contributed by atoms with Crippen molar-refractivity contribution < 1.29 is 9.57 Å². The van der Waals surface area contributed by atoms with Crippen LogP contribution in [0.15, 0.2) is 17.6 Å². The molecule has 0 bridgehead atoms. The van der Waals surface area contributed by atoms with E-state index in [4.69, 9.17) is 9.57 Å². The second-order valence-electron chi connectivity index (χ2n) is 2.40. The highest BCUT2D eigenvalue weighted by atomic mass is 16.8. The van der Waals surface area contributed by atoms with Gasteiger partial charge in [-0.3, -0.25) is 4.90 Å². The second-order valence-corrected chi connectivity index (χ2v) is 2.40. The van der Waals surface area contributed by atoms with Crippen molar-refractivity contribution in [2.24, 2.45) is 5.16 Å². The summed E-state index contributed by atoms with van der Waals surface area (Å²) in [5.74, 6) is 0.112. The van der Waals surface area contributed by atoms with E-state index in [2.05, 4.69) is 5.16 Å². The summed E-state index contributed by atoms with van der Waals surface area (Å²) in [4.78, 5) is 6.83. The molecule has 0 fully saturated rings. The molecule has 0 aromatic heterocycles. The van der Waals surface area contributed by atoms with Gasteiger partial charge in [0, 0.05) is 13.1 Å². The molecule has 2 rings (SSSR count). The first-order chi connectivity index (χ1) is 4.72. The van der Waals surface area contributed by atoms with E-state index in [0.717, 1.165) is 5.84 Å². The monoisotopic (exact) mass is 140 g/mol. The zero-order chi connectivity index (χ0) is 7.19. The predicted molar refractivity (Wildman–Crippen MR) is 34.7 cm³/mol. The van der Waals surface area contributed by atoms with Gasteiger partial charge in [-0.1, -0.05) is 5.16 Å². The van der Waals surface area contributed by atoms with Crippen LogP contribution in [0.2, 0.25) is 0 Å². The highest BCUT2D eigenvalue weighted by molar-refractivity contribution is 5.81. The zero-order valence-corrected chi connectivity index (χ0v) is 5.87. The fourth-order valence-electron chi connectivity index (χ4n) is 1.07. The number of oxime groups is 1. The van der Waals surface area contributed by atoms with Gasteiger partial charge in [0.1, 0.15) is 6.26 Å². The summed E-state index contributed by atoms with van der Waals surface area (Å²) in [6.07, 6.45) is 3.39. The van der Waals surface area contributed by atoms with Gasteiger partial charge < -0.3 is 9.57 Å². The molecule has 0 radical (unpaired) electrons. The van der Waals surface area contributed by atoms with Gasteiger partial charge in [-0.05, 0) is 6.92 Å². The van der Waals surface area contributed by atoms with Gasteiger partial charge in [-0.25, -0.2) is 0 Å². The molecular formula is C6H8N2O2. The van der Waals surface area contributed by atoms with E-state index in [0.29, 0.717) is 0 Å². The molecule has 0 saturated heterocycles. The maximum Gasteiger partial charge on any atom is 0.362 e. The van der Waals surface area contributed by atoms with Gasteiger partial charge >= 0.3 is 5.91 Å². The Balaban J connectivity index is 2.33. The van der Waals surface area contributed by atoms with Gasteiger partial charge in [0.15, 0.2) is 5.84 Å². The minimum atomic E-state index is -0.704. The smallest absolute Gasteiger partial charge is 0.362 e. The van der Waals surface area contributed by atoms with Crippen LogP contribution in [-0.4, -0.2) is 16.6 Å².